The number of aromatic nitrogens is 2. The van der Waals surface area contributed by atoms with E-state index in [9.17, 15) is 14.0 Å². The number of halogens is 1. The second kappa shape index (κ2) is 8.99. The molecule has 28 heavy (non-hydrogen) atoms. The van der Waals surface area contributed by atoms with Crippen LogP contribution in [-0.2, 0) is 11.2 Å². The van der Waals surface area contributed by atoms with E-state index in [0.29, 0.717) is 36.6 Å². The lowest BCUT2D eigenvalue weighted by atomic mass is 10.00. The third-order valence-electron chi connectivity index (χ3n) is 5.15. The molecule has 2 amide bonds. The molecule has 1 fully saturated rings. The van der Waals surface area contributed by atoms with Crippen molar-refractivity contribution in [2.24, 2.45) is 5.92 Å². The predicted octanol–water partition coefficient (Wildman–Crippen LogP) is 2.95. The molecule has 150 valence electrons. The van der Waals surface area contributed by atoms with Gasteiger partial charge in [0.15, 0.2) is 0 Å². The molecule has 3 rings (SSSR count). The highest BCUT2D eigenvalue weighted by atomic mass is 19.1. The lowest BCUT2D eigenvalue weighted by molar-refractivity contribution is -0.132. The summed E-state index contributed by atoms with van der Waals surface area (Å²) in [6.07, 6.45) is 4.63. The first-order chi connectivity index (χ1) is 13.5. The topological polar surface area (TPSA) is 67.2 Å². The summed E-state index contributed by atoms with van der Waals surface area (Å²) < 4.78 is 14.8. The quantitative estimate of drug-likeness (QED) is 0.830. The van der Waals surface area contributed by atoms with Gasteiger partial charge in [-0.2, -0.15) is 5.10 Å². The molecular formula is C21H27FN4O2. The first kappa shape index (κ1) is 20.0. The third-order valence-corrected chi connectivity index (χ3v) is 5.15. The number of amides is 2. The van der Waals surface area contributed by atoms with E-state index in [2.05, 4.69) is 17.3 Å². The fourth-order valence-corrected chi connectivity index (χ4v) is 3.66. The van der Waals surface area contributed by atoms with E-state index in [1.165, 1.54) is 24.8 Å². The Bertz CT molecular complexity index is 831. The third kappa shape index (κ3) is 4.58. The van der Waals surface area contributed by atoms with Gasteiger partial charge < -0.3 is 10.2 Å². The van der Waals surface area contributed by atoms with Crippen LogP contribution < -0.4 is 5.32 Å². The van der Waals surface area contributed by atoms with Crippen LogP contribution in [0.2, 0.25) is 0 Å². The smallest absolute Gasteiger partial charge is 0.254 e. The van der Waals surface area contributed by atoms with Crippen LogP contribution in [0.1, 0.15) is 49.2 Å². The van der Waals surface area contributed by atoms with Crippen molar-refractivity contribution in [3.05, 3.63) is 47.5 Å². The minimum Gasteiger partial charge on any atom is -0.351 e. The molecule has 1 aromatic carbocycles. The minimum absolute atomic E-state index is 0.0876. The highest BCUT2D eigenvalue weighted by molar-refractivity contribution is 5.95. The largest absolute Gasteiger partial charge is 0.351 e. The molecule has 7 heteroatoms. The number of benzene rings is 1. The highest BCUT2D eigenvalue weighted by Crippen LogP contribution is 2.17. The van der Waals surface area contributed by atoms with E-state index in [-0.39, 0.29) is 17.6 Å². The van der Waals surface area contributed by atoms with E-state index in [1.54, 1.807) is 16.8 Å². The summed E-state index contributed by atoms with van der Waals surface area (Å²) in [5.41, 5.74) is 1.93. The lowest BCUT2D eigenvalue weighted by Crippen LogP contribution is -2.40. The molecule has 1 N–H and O–H groups in total. The maximum atomic E-state index is 13.2. The van der Waals surface area contributed by atoms with Crippen molar-refractivity contribution >= 4 is 11.8 Å². The highest BCUT2D eigenvalue weighted by Gasteiger charge is 2.21. The Morgan fingerprint density at radius 3 is 2.71 bits per heavy atom. The Balaban J connectivity index is 1.60. The van der Waals surface area contributed by atoms with Gasteiger partial charge in [-0.1, -0.05) is 13.8 Å². The Hall–Kier alpha value is -2.70. The molecule has 1 atom stereocenters. The van der Waals surface area contributed by atoms with Crippen LogP contribution in [0.25, 0.3) is 5.69 Å². The van der Waals surface area contributed by atoms with Crippen molar-refractivity contribution in [2.45, 2.75) is 39.5 Å². The predicted molar refractivity (Wildman–Crippen MR) is 105 cm³/mol. The number of nitrogens with zero attached hydrogens (tertiary/aromatic N) is 3. The monoisotopic (exact) mass is 386 g/mol. The fraction of sp³-hybridized carbons (Fsp3) is 0.476. The number of rotatable bonds is 6. The zero-order valence-electron chi connectivity index (χ0n) is 16.4. The zero-order chi connectivity index (χ0) is 20.1. The fourth-order valence-electron chi connectivity index (χ4n) is 3.66. The van der Waals surface area contributed by atoms with Crippen molar-refractivity contribution in [3.63, 3.8) is 0 Å². The summed E-state index contributed by atoms with van der Waals surface area (Å²) in [5.74, 6) is 0.0611. The number of carbonyl (C=O) groups excluding carboxylic acids is 2. The first-order valence-electron chi connectivity index (χ1n) is 9.88. The maximum absolute atomic E-state index is 13.2. The molecule has 0 spiro atoms. The number of hydrogen-bond donors (Lipinski definition) is 1. The van der Waals surface area contributed by atoms with Crippen LogP contribution >= 0.6 is 0 Å². The Labute approximate surface area is 164 Å². The maximum Gasteiger partial charge on any atom is 0.254 e. The number of piperidine rings is 1. The van der Waals surface area contributed by atoms with Gasteiger partial charge in [0.2, 0.25) is 5.91 Å². The molecule has 1 unspecified atom stereocenters. The molecule has 1 saturated heterocycles. The van der Waals surface area contributed by atoms with Crippen LogP contribution in [0.5, 0.6) is 0 Å². The van der Waals surface area contributed by atoms with E-state index in [0.717, 1.165) is 25.2 Å². The van der Waals surface area contributed by atoms with Crippen LogP contribution in [0.15, 0.2) is 30.5 Å². The van der Waals surface area contributed by atoms with E-state index in [1.807, 2.05) is 11.8 Å². The van der Waals surface area contributed by atoms with Gasteiger partial charge in [-0.3, -0.25) is 9.59 Å². The first-order valence-corrected chi connectivity index (χ1v) is 9.88. The Morgan fingerprint density at radius 2 is 2.04 bits per heavy atom. The van der Waals surface area contributed by atoms with Gasteiger partial charge in [0, 0.05) is 26.1 Å². The van der Waals surface area contributed by atoms with Crippen molar-refractivity contribution in [2.75, 3.05) is 19.6 Å². The van der Waals surface area contributed by atoms with Crippen molar-refractivity contribution in [3.8, 4) is 5.69 Å². The van der Waals surface area contributed by atoms with Crippen molar-refractivity contribution < 1.29 is 14.0 Å². The molecule has 6 nitrogen and oxygen atoms in total. The minimum atomic E-state index is -0.320. The van der Waals surface area contributed by atoms with Gasteiger partial charge in [-0.25, -0.2) is 9.07 Å². The number of likely N-dealkylation sites (tertiary alicyclic amines) is 1. The van der Waals surface area contributed by atoms with Crippen molar-refractivity contribution in [1.29, 1.82) is 0 Å². The molecule has 1 aliphatic heterocycles. The van der Waals surface area contributed by atoms with E-state index < -0.39 is 0 Å². The number of hydrogen-bond acceptors (Lipinski definition) is 3. The summed E-state index contributed by atoms with van der Waals surface area (Å²) >= 11 is 0. The lowest BCUT2D eigenvalue weighted by Gasteiger charge is -2.31. The Kier molecular flexibility index (Phi) is 6.44. The van der Waals surface area contributed by atoms with Crippen LogP contribution in [0.3, 0.4) is 0 Å². The van der Waals surface area contributed by atoms with Gasteiger partial charge in [0.1, 0.15) is 5.82 Å². The van der Waals surface area contributed by atoms with Crippen LogP contribution in [-0.4, -0.2) is 46.1 Å². The van der Waals surface area contributed by atoms with E-state index in [4.69, 9.17) is 0 Å². The molecule has 2 aromatic rings. The summed E-state index contributed by atoms with van der Waals surface area (Å²) in [6.45, 7) is 6.01. The number of carbonyl (C=O) groups is 2. The van der Waals surface area contributed by atoms with Gasteiger partial charge in [0.25, 0.3) is 5.91 Å². The van der Waals surface area contributed by atoms with Crippen LogP contribution in [0.4, 0.5) is 4.39 Å². The molecule has 0 radical (unpaired) electrons. The normalized spacial score (nSPS) is 16.8. The summed E-state index contributed by atoms with van der Waals surface area (Å²) in [5, 5.41) is 7.12. The molecule has 1 aromatic heterocycles. The second-order valence-electron chi connectivity index (χ2n) is 7.34. The summed E-state index contributed by atoms with van der Waals surface area (Å²) in [4.78, 5) is 26.8. The molecule has 2 heterocycles. The molecule has 0 saturated carbocycles. The second-order valence-corrected chi connectivity index (χ2v) is 7.34. The van der Waals surface area contributed by atoms with Gasteiger partial charge in [-0.15, -0.1) is 0 Å². The van der Waals surface area contributed by atoms with Gasteiger partial charge in [-0.05, 0) is 49.4 Å². The van der Waals surface area contributed by atoms with Gasteiger partial charge >= 0.3 is 0 Å². The molecule has 1 aliphatic rings. The van der Waals surface area contributed by atoms with E-state index >= 15 is 0 Å². The standard InChI is InChI=1S/C21H27FN4O2/c1-3-19-18(13-24-26(19)17-8-6-16(22)7-9-17)21(28)23-11-10-20(27)25-12-4-5-15(2)14-25/h6-9,13,15H,3-5,10-12,14H2,1-2H3,(H,23,28). The summed E-state index contributed by atoms with van der Waals surface area (Å²) in [6, 6.07) is 5.98. The SMILES string of the molecule is CCc1c(C(=O)NCCC(=O)N2CCCC(C)C2)cnn1-c1ccc(F)cc1. The van der Waals surface area contributed by atoms with Gasteiger partial charge in [0.05, 0.1) is 23.1 Å². The average molecular weight is 386 g/mol. The van der Waals surface area contributed by atoms with Crippen molar-refractivity contribution in [1.82, 2.24) is 20.0 Å². The zero-order valence-corrected chi connectivity index (χ0v) is 16.4. The molecule has 0 aliphatic carbocycles. The molecular weight excluding hydrogens is 359 g/mol. The number of nitrogens with one attached hydrogen (secondary N) is 1. The Morgan fingerprint density at radius 1 is 1.29 bits per heavy atom. The molecule has 0 bridgehead atoms. The van der Waals surface area contributed by atoms with Crippen LogP contribution in [0, 0.1) is 11.7 Å². The average Bonchev–Trinajstić information content (AvgIpc) is 3.12. The summed E-state index contributed by atoms with van der Waals surface area (Å²) in [7, 11) is 0.